The third-order valence-electron chi connectivity index (χ3n) is 6.91. The summed E-state index contributed by atoms with van der Waals surface area (Å²) in [5.74, 6) is -3.29. The van der Waals surface area contributed by atoms with Crippen molar-refractivity contribution >= 4 is 44.1 Å². The maximum absolute atomic E-state index is 14.0. The number of nitrogens with one attached hydrogen (secondary N) is 1. The molecule has 0 saturated carbocycles. The molecule has 0 radical (unpaired) electrons. The van der Waals surface area contributed by atoms with Crippen molar-refractivity contribution in [2.45, 2.75) is 31.7 Å². The monoisotopic (exact) mass is 571 g/mol. The average molecular weight is 572 g/mol. The Labute approximate surface area is 224 Å². The fourth-order valence-electron chi connectivity index (χ4n) is 4.83. The number of carbonyl (C=O) groups is 2. The van der Waals surface area contributed by atoms with Crippen LogP contribution in [0.5, 0.6) is 0 Å². The Morgan fingerprint density at radius 1 is 1.18 bits per heavy atom. The summed E-state index contributed by atoms with van der Waals surface area (Å²) in [5.41, 5.74) is 5.19. The zero-order chi connectivity index (χ0) is 27.4. The minimum absolute atomic E-state index is 0.0333. The lowest BCUT2D eigenvalue weighted by Gasteiger charge is -2.31. The van der Waals surface area contributed by atoms with E-state index in [0.29, 0.717) is 50.6 Å². The van der Waals surface area contributed by atoms with Gasteiger partial charge in [0.25, 0.3) is 0 Å². The van der Waals surface area contributed by atoms with Gasteiger partial charge in [0.2, 0.25) is 15.8 Å². The number of halogens is 2. The largest absolute Gasteiger partial charge is 0.469 e. The number of piperidine rings is 1. The van der Waals surface area contributed by atoms with Crippen molar-refractivity contribution in [1.82, 2.24) is 14.2 Å². The van der Waals surface area contributed by atoms with Gasteiger partial charge in [-0.2, -0.15) is 0 Å². The Balaban J connectivity index is 1.26. The summed E-state index contributed by atoms with van der Waals surface area (Å²) in [4.78, 5) is 30.5. The van der Waals surface area contributed by atoms with E-state index in [1.54, 1.807) is 0 Å². The van der Waals surface area contributed by atoms with E-state index in [4.69, 9.17) is 10.5 Å². The van der Waals surface area contributed by atoms with Gasteiger partial charge in [0.15, 0.2) is 5.13 Å². The third-order valence-corrected chi connectivity index (χ3v) is 9.87. The first kappa shape index (κ1) is 28.3. The van der Waals surface area contributed by atoms with Crippen LogP contribution < -0.4 is 11.1 Å². The highest BCUT2D eigenvalue weighted by Crippen LogP contribution is 2.30. The fraction of sp³-hybridized carbons (Fsp3) is 0.542. The Bertz CT molecular complexity index is 1260. The molecule has 2 aromatic rings. The molecule has 0 spiro atoms. The Kier molecular flexibility index (Phi) is 8.96. The molecule has 208 valence electrons. The van der Waals surface area contributed by atoms with E-state index in [-0.39, 0.29) is 34.4 Å². The molecular formula is C24H31F2N5O5S2. The highest BCUT2D eigenvalue weighted by Gasteiger charge is 2.31. The molecule has 2 fully saturated rings. The molecule has 1 aromatic carbocycles. The maximum Gasteiger partial charge on any atom is 0.310 e. The van der Waals surface area contributed by atoms with Gasteiger partial charge in [-0.1, -0.05) is 17.4 Å². The Morgan fingerprint density at radius 3 is 2.53 bits per heavy atom. The van der Waals surface area contributed by atoms with Crippen LogP contribution in [-0.2, 0) is 19.6 Å². The van der Waals surface area contributed by atoms with Crippen LogP contribution in [0.4, 0.5) is 19.7 Å². The summed E-state index contributed by atoms with van der Waals surface area (Å²) in [6, 6.07) is 3.08. The molecule has 0 aliphatic carbocycles. The highest BCUT2D eigenvalue weighted by atomic mass is 32.2. The van der Waals surface area contributed by atoms with Crippen LogP contribution in [0.25, 0.3) is 0 Å². The lowest BCUT2D eigenvalue weighted by atomic mass is 10.1. The topological polar surface area (TPSA) is 135 Å². The van der Waals surface area contributed by atoms with Crippen molar-refractivity contribution in [2.75, 3.05) is 56.6 Å². The van der Waals surface area contributed by atoms with Gasteiger partial charge in [-0.25, -0.2) is 26.5 Å². The summed E-state index contributed by atoms with van der Waals surface area (Å²) < 4.78 is 60.0. The molecule has 1 aromatic heterocycles. The second-order valence-electron chi connectivity index (χ2n) is 9.46. The van der Waals surface area contributed by atoms with Crippen LogP contribution in [-0.4, -0.2) is 86.0 Å². The van der Waals surface area contributed by atoms with Gasteiger partial charge in [-0.05, 0) is 50.9 Å². The first-order valence-corrected chi connectivity index (χ1v) is 14.8. The van der Waals surface area contributed by atoms with E-state index in [1.165, 1.54) is 17.5 Å². The molecule has 2 aliphatic heterocycles. The molecule has 0 bridgehead atoms. The molecule has 1 atom stereocenters. The number of rotatable bonds is 10. The predicted octanol–water partition coefficient (Wildman–Crippen LogP) is 2.33. The molecule has 2 saturated heterocycles. The molecule has 0 amide bonds. The Morgan fingerprint density at radius 2 is 1.87 bits per heavy atom. The van der Waals surface area contributed by atoms with Gasteiger partial charge in [0.1, 0.15) is 22.3 Å². The SMILES string of the molecule is COC(=O)C1CCN(CCCS(=O)(=O)N2CCC(Nc3nc(N)c(C(=O)c4c(F)cccc4F)s3)CC2)C1. The number of nitrogens with zero attached hydrogens (tertiary/aromatic N) is 3. The minimum Gasteiger partial charge on any atom is -0.469 e. The van der Waals surface area contributed by atoms with Crippen LogP contribution in [0.2, 0.25) is 0 Å². The van der Waals surface area contributed by atoms with Crippen molar-refractivity contribution in [3.8, 4) is 0 Å². The number of nitrogens with two attached hydrogens (primary N) is 1. The van der Waals surface area contributed by atoms with Crippen molar-refractivity contribution in [1.29, 1.82) is 0 Å². The van der Waals surface area contributed by atoms with Gasteiger partial charge >= 0.3 is 5.97 Å². The minimum atomic E-state index is -3.42. The van der Waals surface area contributed by atoms with E-state index in [2.05, 4.69) is 15.2 Å². The number of ketones is 1. The van der Waals surface area contributed by atoms with Crippen molar-refractivity contribution in [3.63, 3.8) is 0 Å². The number of likely N-dealkylation sites (tertiary alicyclic amines) is 1. The number of aromatic nitrogens is 1. The fourth-order valence-corrected chi connectivity index (χ4v) is 7.26. The number of sulfonamides is 1. The number of methoxy groups -OCH3 is 1. The number of ether oxygens (including phenoxy) is 1. The molecule has 14 heteroatoms. The first-order valence-electron chi connectivity index (χ1n) is 12.4. The number of carbonyl (C=O) groups excluding carboxylic acids is 2. The zero-order valence-corrected chi connectivity index (χ0v) is 22.6. The van der Waals surface area contributed by atoms with Crippen molar-refractivity contribution < 1.29 is 31.5 Å². The molecule has 3 N–H and O–H groups in total. The molecule has 3 heterocycles. The molecular weight excluding hydrogens is 540 g/mol. The number of hydrogen-bond donors (Lipinski definition) is 2. The number of thiazole rings is 1. The number of anilines is 2. The van der Waals surface area contributed by atoms with Crippen LogP contribution >= 0.6 is 11.3 Å². The number of nitrogen functional groups attached to an aromatic ring is 1. The quantitative estimate of drug-likeness (QED) is 0.325. The zero-order valence-electron chi connectivity index (χ0n) is 21.0. The second-order valence-corrected chi connectivity index (χ2v) is 12.5. The lowest BCUT2D eigenvalue weighted by molar-refractivity contribution is -0.144. The number of benzene rings is 1. The van der Waals surface area contributed by atoms with Crippen molar-refractivity contribution in [3.05, 3.63) is 40.3 Å². The highest BCUT2D eigenvalue weighted by molar-refractivity contribution is 7.89. The van der Waals surface area contributed by atoms with Crippen LogP contribution in [0.1, 0.15) is 40.9 Å². The van der Waals surface area contributed by atoms with E-state index in [1.807, 2.05) is 0 Å². The molecule has 4 rings (SSSR count). The molecule has 38 heavy (non-hydrogen) atoms. The molecule has 10 nitrogen and oxygen atoms in total. The first-order chi connectivity index (χ1) is 18.1. The predicted molar refractivity (Wildman–Crippen MR) is 140 cm³/mol. The van der Waals surface area contributed by atoms with Gasteiger partial charge in [-0.15, -0.1) is 0 Å². The van der Waals surface area contributed by atoms with Crippen molar-refractivity contribution in [2.24, 2.45) is 5.92 Å². The number of esters is 1. The van der Waals surface area contributed by atoms with E-state index in [0.717, 1.165) is 36.4 Å². The standard InChI is InChI=1S/C24H31F2N5O5S2/c1-36-23(33)15-6-10-30(14-15)9-3-13-38(34,35)31-11-7-16(8-12-31)28-24-29-22(27)21(37-24)20(32)19-17(25)4-2-5-18(19)26/h2,4-5,15-16H,3,6-14,27H2,1H3,(H,28,29). The van der Waals surface area contributed by atoms with Gasteiger partial charge in [0.05, 0.1) is 24.3 Å². The molecule has 2 aliphatic rings. The van der Waals surface area contributed by atoms with Gasteiger partial charge in [-0.3, -0.25) is 9.59 Å². The maximum atomic E-state index is 14.0. The summed E-state index contributed by atoms with van der Waals surface area (Å²) in [5, 5.41) is 3.50. The molecule has 1 unspecified atom stereocenters. The van der Waals surface area contributed by atoms with E-state index < -0.39 is 33.0 Å². The number of hydrogen-bond acceptors (Lipinski definition) is 10. The van der Waals surface area contributed by atoms with Gasteiger partial charge < -0.3 is 20.7 Å². The van der Waals surface area contributed by atoms with Crippen LogP contribution in [0.3, 0.4) is 0 Å². The van der Waals surface area contributed by atoms with E-state index >= 15 is 0 Å². The lowest BCUT2D eigenvalue weighted by Crippen LogP contribution is -2.43. The van der Waals surface area contributed by atoms with Crippen LogP contribution in [0.15, 0.2) is 18.2 Å². The average Bonchev–Trinajstić information content (AvgIpc) is 3.50. The second kappa shape index (κ2) is 12.0. The third kappa shape index (κ3) is 6.47. The normalized spacial score (nSPS) is 19.5. The summed E-state index contributed by atoms with van der Waals surface area (Å²) >= 11 is 0.911. The van der Waals surface area contributed by atoms with Crippen LogP contribution in [0, 0.1) is 17.6 Å². The summed E-state index contributed by atoms with van der Waals surface area (Å²) in [6.45, 7) is 2.62. The summed E-state index contributed by atoms with van der Waals surface area (Å²) in [7, 11) is -2.05. The Hall–Kier alpha value is -2.68. The van der Waals surface area contributed by atoms with E-state index in [9.17, 15) is 26.8 Å². The van der Waals surface area contributed by atoms with Gasteiger partial charge in [0, 0.05) is 25.7 Å². The summed E-state index contributed by atoms with van der Waals surface area (Å²) in [6.07, 6.45) is 2.25. The smallest absolute Gasteiger partial charge is 0.310 e.